The van der Waals surface area contributed by atoms with Gasteiger partial charge in [0.2, 0.25) is 65.0 Å². The van der Waals surface area contributed by atoms with E-state index in [1.807, 2.05) is 0 Å². The Kier molecular flexibility index (Phi) is 26.9. The Labute approximate surface area is 402 Å². The van der Waals surface area contributed by atoms with E-state index in [2.05, 4.69) is 47.5 Å². The van der Waals surface area contributed by atoms with E-state index in [1.54, 1.807) is 34.6 Å². The average molecular weight is 981 g/mol. The Balaban J connectivity index is 3.33. The molecular formula is C43H76N14O12. The van der Waals surface area contributed by atoms with Gasteiger partial charge in [0.15, 0.2) is 5.96 Å². The summed E-state index contributed by atoms with van der Waals surface area (Å²) >= 11 is 0. The highest BCUT2D eigenvalue weighted by atomic mass is 16.3. The van der Waals surface area contributed by atoms with Gasteiger partial charge in [-0.05, 0) is 63.7 Å². The second-order valence-electron chi connectivity index (χ2n) is 17.5. The second-order valence-corrected chi connectivity index (χ2v) is 17.5. The van der Waals surface area contributed by atoms with Gasteiger partial charge in [-0.25, -0.2) is 0 Å². The molecule has 0 bridgehead atoms. The fourth-order valence-electron chi connectivity index (χ4n) is 7.14. The van der Waals surface area contributed by atoms with E-state index < -0.39 is 132 Å². The number of nitrogens with two attached hydrogens (primary N) is 4. The number of aliphatic hydroxyl groups is 1. The first-order valence-electron chi connectivity index (χ1n) is 23.3. The highest BCUT2D eigenvalue weighted by Crippen LogP contribution is 2.21. The lowest BCUT2D eigenvalue weighted by atomic mass is 9.96. The van der Waals surface area contributed by atoms with E-state index >= 15 is 0 Å². The molecule has 26 nitrogen and oxygen atoms in total. The first-order valence-corrected chi connectivity index (χ1v) is 23.3. The van der Waals surface area contributed by atoms with Gasteiger partial charge in [-0.3, -0.25) is 57.7 Å². The van der Waals surface area contributed by atoms with Crippen molar-refractivity contribution in [3.8, 4) is 0 Å². The fraction of sp³-hybridized carbons (Fsp3) is 0.721. The largest absolute Gasteiger partial charge is 0.394 e. The van der Waals surface area contributed by atoms with Crippen LogP contribution in [0.5, 0.6) is 0 Å². The van der Waals surface area contributed by atoms with Gasteiger partial charge in [0.25, 0.3) is 0 Å². The number of likely N-dealkylation sites (tertiary alicyclic amines) is 1. The second kappa shape index (κ2) is 30.7. The van der Waals surface area contributed by atoms with Crippen molar-refractivity contribution in [3.63, 3.8) is 0 Å². The molecule has 1 heterocycles. The molecule has 1 aliphatic rings. The molecule has 1 saturated heterocycles. The highest BCUT2D eigenvalue weighted by molar-refractivity contribution is 5.98. The summed E-state index contributed by atoms with van der Waals surface area (Å²) in [5.74, 6) is -9.23. The summed E-state index contributed by atoms with van der Waals surface area (Å²) in [6.45, 7) is 10.1. The zero-order valence-corrected chi connectivity index (χ0v) is 40.8. The third kappa shape index (κ3) is 21.9. The van der Waals surface area contributed by atoms with Crippen molar-refractivity contribution in [1.29, 1.82) is 0 Å². The summed E-state index contributed by atoms with van der Waals surface area (Å²) in [5, 5.41) is 30.4. The normalized spacial score (nSPS) is 16.7. The van der Waals surface area contributed by atoms with Gasteiger partial charge in [0.1, 0.15) is 48.3 Å². The van der Waals surface area contributed by atoms with Gasteiger partial charge in [-0.1, -0.05) is 47.5 Å². The van der Waals surface area contributed by atoms with Crippen LogP contribution in [0.3, 0.4) is 0 Å². The maximum absolute atomic E-state index is 14.1. The van der Waals surface area contributed by atoms with Crippen LogP contribution in [0.15, 0.2) is 4.99 Å². The number of amides is 11. The van der Waals surface area contributed by atoms with Gasteiger partial charge >= 0.3 is 0 Å². The van der Waals surface area contributed by atoms with E-state index in [-0.39, 0.29) is 69.9 Å². The van der Waals surface area contributed by atoms with E-state index in [0.717, 1.165) is 0 Å². The van der Waals surface area contributed by atoms with Crippen LogP contribution in [0.2, 0.25) is 0 Å². The number of aliphatic imine (C=N–C) groups is 1. The summed E-state index contributed by atoms with van der Waals surface area (Å²) in [4.78, 5) is 148. The van der Waals surface area contributed by atoms with Crippen molar-refractivity contribution < 1.29 is 57.8 Å². The first kappa shape index (κ1) is 60.4. The van der Waals surface area contributed by atoms with Gasteiger partial charge in [0, 0.05) is 26.4 Å². The lowest BCUT2D eigenvalue weighted by Gasteiger charge is -2.31. The molecule has 0 spiro atoms. The summed E-state index contributed by atoms with van der Waals surface area (Å²) in [5.41, 5.74) is 21.5. The maximum Gasteiger partial charge on any atom is 0.245 e. The Bertz CT molecular complexity index is 1840. The molecule has 11 amide bonds. The minimum atomic E-state index is -1.64. The van der Waals surface area contributed by atoms with Crippen molar-refractivity contribution >= 4 is 70.9 Å². The highest BCUT2D eigenvalue weighted by Gasteiger charge is 2.40. The molecular weight excluding hydrogens is 905 g/mol. The number of aliphatic hydroxyl groups excluding tert-OH is 1. The summed E-state index contributed by atoms with van der Waals surface area (Å²) in [6.07, 6.45) is 1.23. The van der Waals surface area contributed by atoms with Crippen LogP contribution in [0.25, 0.3) is 0 Å². The predicted molar refractivity (Wildman–Crippen MR) is 251 cm³/mol. The lowest BCUT2D eigenvalue weighted by Crippen LogP contribution is -2.61. The molecule has 0 unspecified atom stereocenters. The Morgan fingerprint density at radius 3 is 1.81 bits per heavy atom. The number of hydrogen-bond donors (Lipinski definition) is 13. The minimum absolute atomic E-state index is 0.0204. The van der Waals surface area contributed by atoms with E-state index in [1.165, 1.54) is 18.7 Å². The zero-order chi connectivity index (χ0) is 52.5. The van der Waals surface area contributed by atoms with E-state index in [4.69, 9.17) is 22.9 Å². The first-order chi connectivity index (χ1) is 32.4. The van der Waals surface area contributed by atoms with Crippen molar-refractivity contribution in [3.05, 3.63) is 0 Å². The molecule has 69 heavy (non-hydrogen) atoms. The van der Waals surface area contributed by atoms with Gasteiger partial charge in [-0.2, -0.15) is 0 Å². The third-order valence-electron chi connectivity index (χ3n) is 11.2. The molecule has 1 aliphatic heterocycles. The monoisotopic (exact) mass is 981 g/mol. The summed E-state index contributed by atoms with van der Waals surface area (Å²) in [7, 11) is 0. The van der Waals surface area contributed by atoms with Crippen LogP contribution in [-0.2, 0) is 52.7 Å². The van der Waals surface area contributed by atoms with Crippen molar-refractivity contribution in [2.24, 2.45) is 39.8 Å². The molecule has 0 aromatic heterocycles. The van der Waals surface area contributed by atoms with Crippen LogP contribution >= 0.6 is 0 Å². The molecule has 0 radical (unpaired) electrons. The van der Waals surface area contributed by atoms with E-state index in [0.29, 0.717) is 19.3 Å². The fourth-order valence-corrected chi connectivity index (χ4v) is 7.14. The average Bonchev–Trinajstić information content (AvgIpc) is 3.78. The Hall–Kier alpha value is -6.60. The number of primary amides is 2. The molecule has 390 valence electrons. The zero-order valence-electron chi connectivity index (χ0n) is 40.8. The quantitative estimate of drug-likeness (QED) is 0.0176. The molecule has 9 atom stereocenters. The number of hydrogen-bond acceptors (Lipinski definition) is 13. The van der Waals surface area contributed by atoms with Crippen LogP contribution in [0.4, 0.5) is 0 Å². The van der Waals surface area contributed by atoms with Gasteiger partial charge in [0.05, 0.1) is 13.2 Å². The van der Waals surface area contributed by atoms with E-state index in [9.17, 15) is 57.8 Å². The molecule has 0 aliphatic carbocycles. The summed E-state index contributed by atoms with van der Waals surface area (Å²) < 4.78 is 0. The van der Waals surface area contributed by atoms with Crippen LogP contribution in [0.1, 0.15) is 113 Å². The SMILES string of the molecule is CCC[C@H](NC(=O)[C@H](CO)NC(=O)[C@@H](CC(C)C)NC(=O)[C@H](CCC(N)=O)NC(=O)CNC(C)=O)C(=O)N[C@H](C(=O)N[C@@H](CCCN=C(N)N)C(=O)N1CCC[C@H]1C(=O)N[C@H](C)C(N)=O)[C@@H](C)CC. The summed E-state index contributed by atoms with van der Waals surface area (Å²) in [6, 6.07) is -10.0. The number of rotatable bonds is 31. The predicted octanol–water partition coefficient (Wildman–Crippen LogP) is -4.78. The maximum atomic E-state index is 14.1. The van der Waals surface area contributed by atoms with Gasteiger partial charge < -0.3 is 75.5 Å². The van der Waals surface area contributed by atoms with Crippen LogP contribution < -0.4 is 65.5 Å². The molecule has 0 aromatic carbocycles. The number of nitrogens with one attached hydrogen (secondary N) is 8. The molecule has 26 heteroatoms. The Morgan fingerprint density at radius 2 is 1.26 bits per heavy atom. The third-order valence-corrected chi connectivity index (χ3v) is 11.2. The Morgan fingerprint density at radius 1 is 0.696 bits per heavy atom. The molecule has 1 fully saturated rings. The van der Waals surface area contributed by atoms with Crippen LogP contribution in [0, 0.1) is 11.8 Å². The molecule has 0 aromatic rings. The van der Waals surface area contributed by atoms with Crippen molar-refractivity contribution in [1.82, 2.24) is 47.4 Å². The number of guanidine groups is 1. The number of nitrogens with zero attached hydrogens (tertiary/aromatic N) is 2. The molecule has 1 rings (SSSR count). The topological polar surface area (TPSA) is 424 Å². The number of carbonyl (C=O) groups excluding carboxylic acids is 11. The molecule has 0 saturated carbocycles. The van der Waals surface area contributed by atoms with Gasteiger partial charge in [-0.15, -0.1) is 0 Å². The number of carbonyl (C=O) groups is 11. The van der Waals surface area contributed by atoms with Crippen molar-refractivity contribution in [2.45, 2.75) is 161 Å². The lowest BCUT2D eigenvalue weighted by molar-refractivity contribution is -0.142. The molecule has 17 N–H and O–H groups in total. The minimum Gasteiger partial charge on any atom is -0.394 e. The van der Waals surface area contributed by atoms with Crippen LogP contribution in [-0.4, -0.2) is 156 Å². The van der Waals surface area contributed by atoms with Crippen molar-refractivity contribution in [2.75, 3.05) is 26.2 Å². The smallest absolute Gasteiger partial charge is 0.245 e. The standard InChI is InChI=1S/C43H76N14O12/c1-8-12-26(52-39(66)30(21-58)55-38(65)29(19-22(3)4)54-36(63)27(15-16-32(44)60)51-33(61)20-49-25(7)59)37(64)56-34(23(5)9-2)41(68)53-28(13-10-17-48-43(46)47)42(69)57-18-11-14-31(57)40(67)50-24(6)35(45)62/h22-24,26-31,34,58H,8-21H2,1-7H3,(H2,44,60)(H2,45,62)(H,49,59)(H,50,67)(H,51,61)(H,52,66)(H,53,68)(H,54,63)(H,55,65)(H,56,64)(H4,46,47,48)/t23-,24+,26-,27-,28-,29+,30-,31-,34-/m0/s1.